The highest BCUT2D eigenvalue weighted by Gasteiger charge is 2.28. The molecule has 1 N–H and O–H groups in total. The van der Waals surface area contributed by atoms with Gasteiger partial charge in [0.2, 0.25) is 0 Å². The van der Waals surface area contributed by atoms with Crippen molar-refractivity contribution >= 4 is 0 Å². The van der Waals surface area contributed by atoms with Crippen LogP contribution in [0.1, 0.15) is 31.1 Å². The Labute approximate surface area is 114 Å². The predicted octanol–water partition coefficient (Wildman–Crippen LogP) is 1.70. The molecular weight excluding hydrogens is 240 g/mol. The second-order valence-electron chi connectivity index (χ2n) is 5.59. The first-order chi connectivity index (χ1) is 9.00. The first-order valence-corrected chi connectivity index (χ1v) is 6.55. The van der Waals surface area contributed by atoms with E-state index in [1.165, 1.54) is 0 Å². The van der Waals surface area contributed by atoms with Crippen molar-refractivity contribution in [2.24, 2.45) is 0 Å². The number of aliphatic hydroxyl groups excluding tert-OH is 1. The lowest BCUT2D eigenvalue weighted by molar-refractivity contribution is -0.0932. The summed E-state index contributed by atoms with van der Waals surface area (Å²) in [5.41, 5.74) is 1.31. The van der Waals surface area contributed by atoms with Crippen molar-refractivity contribution in [1.82, 2.24) is 4.90 Å². The molecular formula is C15H20N2O2. The molecule has 19 heavy (non-hydrogen) atoms. The zero-order chi connectivity index (χ0) is 13.9. The molecule has 0 radical (unpaired) electrons. The Balaban J connectivity index is 1.96. The summed E-state index contributed by atoms with van der Waals surface area (Å²) in [5, 5.41) is 19.0. The van der Waals surface area contributed by atoms with Crippen LogP contribution in [0.2, 0.25) is 0 Å². The van der Waals surface area contributed by atoms with Gasteiger partial charge in [0.05, 0.1) is 29.9 Å². The fourth-order valence-corrected chi connectivity index (χ4v) is 2.40. The van der Waals surface area contributed by atoms with E-state index in [1.807, 2.05) is 12.1 Å². The van der Waals surface area contributed by atoms with E-state index in [1.54, 1.807) is 12.1 Å². The summed E-state index contributed by atoms with van der Waals surface area (Å²) >= 11 is 0. The van der Waals surface area contributed by atoms with Gasteiger partial charge in [0.1, 0.15) is 0 Å². The minimum Gasteiger partial charge on any atom is -0.387 e. The first-order valence-electron chi connectivity index (χ1n) is 6.55. The number of hydrogen-bond acceptors (Lipinski definition) is 4. The van der Waals surface area contributed by atoms with E-state index in [-0.39, 0.29) is 5.60 Å². The molecule has 1 aliphatic heterocycles. The van der Waals surface area contributed by atoms with Crippen molar-refractivity contribution in [3.63, 3.8) is 0 Å². The van der Waals surface area contributed by atoms with Gasteiger partial charge < -0.3 is 9.84 Å². The molecule has 1 aliphatic rings. The van der Waals surface area contributed by atoms with Crippen LogP contribution in [0, 0.1) is 11.3 Å². The lowest BCUT2D eigenvalue weighted by Crippen LogP contribution is -2.49. The molecule has 0 aliphatic carbocycles. The highest BCUT2D eigenvalue weighted by Crippen LogP contribution is 2.20. The Hall–Kier alpha value is -1.41. The summed E-state index contributed by atoms with van der Waals surface area (Å²) in [6, 6.07) is 9.18. The molecule has 0 amide bonds. The van der Waals surface area contributed by atoms with Crippen molar-refractivity contribution in [2.75, 3.05) is 26.2 Å². The Kier molecular flexibility index (Phi) is 4.20. The molecule has 1 fully saturated rings. The minimum atomic E-state index is -0.526. The second-order valence-corrected chi connectivity index (χ2v) is 5.59. The standard InChI is InChI=1S/C15H20N2O2/c1-15(2)11-17(7-8-19-15)10-14(18)13-5-3-12(9-16)4-6-13/h3-6,14,18H,7-8,10-11H2,1-2H3. The van der Waals surface area contributed by atoms with E-state index < -0.39 is 6.10 Å². The van der Waals surface area contributed by atoms with E-state index in [0.717, 1.165) is 18.7 Å². The van der Waals surface area contributed by atoms with Crippen molar-refractivity contribution in [3.8, 4) is 6.07 Å². The Bertz CT molecular complexity index is 462. The lowest BCUT2D eigenvalue weighted by Gasteiger charge is -2.38. The maximum Gasteiger partial charge on any atom is 0.0991 e. The molecule has 4 nitrogen and oxygen atoms in total. The van der Waals surface area contributed by atoms with Crippen LogP contribution in [-0.2, 0) is 4.74 Å². The Morgan fingerprint density at radius 3 is 2.68 bits per heavy atom. The lowest BCUT2D eigenvalue weighted by atomic mass is 10.0. The summed E-state index contributed by atoms with van der Waals surface area (Å²) in [6.07, 6.45) is -0.526. The van der Waals surface area contributed by atoms with Crippen LogP contribution in [0.5, 0.6) is 0 Å². The molecule has 0 spiro atoms. The third kappa shape index (κ3) is 3.77. The third-order valence-corrected chi connectivity index (χ3v) is 3.36. The first kappa shape index (κ1) is 14.0. The van der Waals surface area contributed by atoms with Gasteiger partial charge in [-0.15, -0.1) is 0 Å². The fourth-order valence-electron chi connectivity index (χ4n) is 2.40. The number of nitrogens with zero attached hydrogens (tertiary/aromatic N) is 2. The average Bonchev–Trinajstić information content (AvgIpc) is 2.37. The average molecular weight is 260 g/mol. The van der Waals surface area contributed by atoms with Crippen LogP contribution in [0.4, 0.5) is 0 Å². The number of ether oxygens (including phenoxy) is 1. The van der Waals surface area contributed by atoms with Gasteiger partial charge >= 0.3 is 0 Å². The highest BCUT2D eigenvalue weighted by atomic mass is 16.5. The monoisotopic (exact) mass is 260 g/mol. The smallest absolute Gasteiger partial charge is 0.0991 e. The van der Waals surface area contributed by atoms with E-state index in [9.17, 15) is 5.11 Å². The van der Waals surface area contributed by atoms with Gasteiger partial charge in [0.25, 0.3) is 0 Å². The summed E-state index contributed by atoms with van der Waals surface area (Å²) in [4.78, 5) is 2.21. The maximum atomic E-state index is 10.2. The van der Waals surface area contributed by atoms with Crippen LogP contribution in [0.15, 0.2) is 24.3 Å². The van der Waals surface area contributed by atoms with Gasteiger partial charge in [-0.2, -0.15) is 5.26 Å². The van der Waals surface area contributed by atoms with Crippen LogP contribution in [0.3, 0.4) is 0 Å². The van der Waals surface area contributed by atoms with Gasteiger partial charge in [-0.05, 0) is 31.5 Å². The van der Waals surface area contributed by atoms with E-state index in [2.05, 4.69) is 24.8 Å². The Morgan fingerprint density at radius 1 is 1.42 bits per heavy atom. The van der Waals surface area contributed by atoms with E-state index in [0.29, 0.717) is 18.7 Å². The molecule has 102 valence electrons. The van der Waals surface area contributed by atoms with Crippen LogP contribution < -0.4 is 0 Å². The number of rotatable bonds is 3. The maximum absolute atomic E-state index is 10.2. The SMILES string of the molecule is CC1(C)CN(CC(O)c2ccc(C#N)cc2)CCO1. The Morgan fingerprint density at radius 2 is 2.11 bits per heavy atom. The number of morpholine rings is 1. The fraction of sp³-hybridized carbons (Fsp3) is 0.533. The molecule has 2 rings (SSSR count). The van der Waals surface area contributed by atoms with Gasteiger partial charge in [0.15, 0.2) is 0 Å². The normalized spacial score (nSPS) is 20.7. The largest absolute Gasteiger partial charge is 0.387 e. The van der Waals surface area contributed by atoms with Crippen LogP contribution in [0.25, 0.3) is 0 Å². The topological polar surface area (TPSA) is 56.5 Å². The molecule has 1 saturated heterocycles. The molecule has 1 unspecified atom stereocenters. The molecule has 0 aromatic heterocycles. The van der Waals surface area contributed by atoms with Gasteiger partial charge in [-0.25, -0.2) is 0 Å². The predicted molar refractivity (Wildman–Crippen MR) is 72.6 cm³/mol. The minimum absolute atomic E-state index is 0.150. The van der Waals surface area contributed by atoms with Crippen molar-refractivity contribution in [3.05, 3.63) is 35.4 Å². The summed E-state index contributed by atoms with van der Waals surface area (Å²) in [6.45, 7) is 7.09. The molecule has 1 heterocycles. The van der Waals surface area contributed by atoms with Crippen molar-refractivity contribution in [1.29, 1.82) is 5.26 Å². The van der Waals surface area contributed by atoms with Crippen molar-refractivity contribution in [2.45, 2.75) is 25.6 Å². The number of β-amino-alcohol motifs (C(OH)–C–C–N with tert-alkyl or cyclic N) is 1. The van der Waals surface area contributed by atoms with Crippen molar-refractivity contribution < 1.29 is 9.84 Å². The van der Waals surface area contributed by atoms with Gasteiger partial charge in [-0.3, -0.25) is 4.90 Å². The van der Waals surface area contributed by atoms with Gasteiger partial charge in [0, 0.05) is 19.6 Å². The van der Waals surface area contributed by atoms with Crippen LogP contribution in [-0.4, -0.2) is 41.8 Å². The molecule has 1 atom stereocenters. The highest BCUT2D eigenvalue weighted by molar-refractivity contribution is 5.32. The zero-order valence-electron chi connectivity index (χ0n) is 11.5. The number of nitriles is 1. The molecule has 0 bridgehead atoms. The number of hydrogen-bond donors (Lipinski definition) is 1. The summed E-state index contributed by atoms with van der Waals surface area (Å²) in [5.74, 6) is 0. The number of benzene rings is 1. The zero-order valence-corrected chi connectivity index (χ0v) is 11.5. The van der Waals surface area contributed by atoms with E-state index >= 15 is 0 Å². The molecule has 4 heteroatoms. The molecule has 0 saturated carbocycles. The van der Waals surface area contributed by atoms with E-state index in [4.69, 9.17) is 10.00 Å². The summed E-state index contributed by atoms with van der Waals surface area (Å²) < 4.78 is 5.65. The molecule has 1 aromatic carbocycles. The summed E-state index contributed by atoms with van der Waals surface area (Å²) in [7, 11) is 0. The second kappa shape index (κ2) is 5.70. The number of aliphatic hydroxyl groups is 1. The van der Waals surface area contributed by atoms with Crippen LogP contribution >= 0.6 is 0 Å². The molecule has 1 aromatic rings. The third-order valence-electron chi connectivity index (χ3n) is 3.36. The van der Waals surface area contributed by atoms with Gasteiger partial charge in [-0.1, -0.05) is 12.1 Å². The quantitative estimate of drug-likeness (QED) is 0.898.